The van der Waals surface area contributed by atoms with E-state index in [2.05, 4.69) is 20.4 Å². The van der Waals surface area contributed by atoms with Crippen LogP contribution in [0.2, 0.25) is 0 Å². The van der Waals surface area contributed by atoms with Crippen LogP contribution in [0, 0.1) is 25.2 Å². The molecule has 0 aliphatic heterocycles. The van der Waals surface area contributed by atoms with Crippen LogP contribution in [0.5, 0.6) is 5.75 Å². The van der Waals surface area contributed by atoms with Gasteiger partial charge in [0.15, 0.2) is 5.82 Å². The molecule has 1 aromatic carbocycles. The van der Waals surface area contributed by atoms with Crippen molar-refractivity contribution in [2.75, 3.05) is 12.4 Å². The van der Waals surface area contributed by atoms with E-state index in [1.54, 1.807) is 31.4 Å². The Kier molecular flexibility index (Phi) is 4.62. The van der Waals surface area contributed by atoms with Gasteiger partial charge in [-0.05, 0) is 44.2 Å². The van der Waals surface area contributed by atoms with Crippen LogP contribution >= 0.6 is 0 Å². The van der Waals surface area contributed by atoms with Gasteiger partial charge in [0, 0.05) is 17.0 Å². The van der Waals surface area contributed by atoms with E-state index >= 15 is 0 Å². The third-order valence-corrected chi connectivity index (χ3v) is 3.63. The van der Waals surface area contributed by atoms with E-state index in [0.717, 1.165) is 11.4 Å². The number of methoxy groups -OCH3 is 1. The Morgan fingerprint density at radius 1 is 1.19 bits per heavy atom. The van der Waals surface area contributed by atoms with Gasteiger partial charge in [-0.3, -0.25) is 4.79 Å². The maximum atomic E-state index is 12.6. The smallest absolute Gasteiger partial charge is 0.256 e. The fourth-order valence-electron chi connectivity index (χ4n) is 2.43. The standard InChI is InChI=1S/C18H16N6O2/c1-11-8-12(2)22-18(21-11)24-16(14(9-19)10-20-24)23-17(25)13-4-6-15(26-3)7-5-13/h4-8,10H,1-3H3,(H,23,25). The Morgan fingerprint density at radius 2 is 1.85 bits per heavy atom. The molecule has 0 fully saturated rings. The van der Waals surface area contributed by atoms with Crippen LogP contribution in [0.4, 0.5) is 5.82 Å². The summed E-state index contributed by atoms with van der Waals surface area (Å²) in [6.45, 7) is 3.67. The predicted octanol–water partition coefficient (Wildman–Crippen LogP) is 2.41. The third kappa shape index (κ3) is 3.37. The number of hydrogen-bond donors (Lipinski definition) is 1. The van der Waals surface area contributed by atoms with Crippen LogP contribution in [0.15, 0.2) is 36.5 Å². The summed E-state index contributed by atoms with van der Waals surface area (Å²) in [6.07, 6.45) is 1.37. The number of aromatic nitrogens is 4. The molecule has 8 nitrogen and oxygen atoms in total. The lowest BCUT2D eigenvalue weighted by Gasteiger charge is -2.10. The van der Waals surface area contributed by atoms with Crippen molar-refractivity contribution in [3.63, 3.8) is 0 Å². The van der Waals surface area contributed by atoms with Gasteiger partial charge in [0.1, 0.15) is 17.4 Å². The van der Waals surface area contributed by atoms with Gasteiger partial charge >= 0.3 is 0 Å². The molecular formula is C18H16N6O2. The fourth-order valence-corrected chi connectivity index (χ4v) is 2.43. The second kappa shape index (κ2) is 7.03. The molecule has 0 atom stereocenters. The number of benzene rings is 1. The zero-order valence-corrected chi connectivity index (χ0v) is 14.5. The number of anilines is 1. The molecule has 0 saturated carbocycles. The molecule has 130 valence electrons. The van der Waals surface area contributed by atoms with Gasteiger partial charge in [0.05, 0.1) is 13.3 Å². The second-order valence-corrected chi connectivity index (χ2v) is 5.56. The summed E-state index contributed by atoms with van der Waals surface area (Å²) in [5.41, 5.74) is 2.15. The molecule has 0 spiro atoms. The maximum Gasteiger partial charge on any atom is 0.256 e. The number of carbonyl (C=O) groups is 1. The summed E-state index contributed by atoms with van der Waals surface area (Å²) in [7, 11) is 1.55. The van der Waals surface area contributed by atoms with Crippen molar-refractivity contribution in [3.05, 3.63) is 59.0 Å². The number of aryl methyl sites for hydroxylation is 2. The van der Waals surface area contributed by atoms with Crippen molar-refractivity contribution in [2.24, 2.45) is 0 Å². The van der Waals surface area contributed by atoms with Crippen LogP contribution < -0.4 is 10.1 Å². The van der Waals surface area contributed by atoms with Gasteiger partial charge in [0.2, 0.25) is 0 Å². The highest BCUT2D eigenvalue weighted by molar-refractivity contribution is 6.04. The average Bonchev–Trinajstić information content (AvgIpc) is 3.03. The van der Waals surface area contributed by atoms with Crippen LogP contribution in [0.25, 0.3) is 5.95 Å². The van der Waals surface area contributed by atoms with Crippen molar-refractivity contribution >= 4 is 11.7 Å². The molecule has 3 rings (SSSR count). The summed E-state index contributed by atoms with van der Waals surface area (Å²) in [4.78, 5) is 21.2. The summed E-state index contributed by atoms with van der Waals surface area (Å²) < 4.78 is 6.43. The van der Waals surface area contributed by atoms with Crippen molar-refractivity contribution in [3.8, 4) is 17.8 Å². The molecule has 26 heavy (non-hydrogen) atoms. The van der Waals surface area contributed by atoms with Gasteiger partial charge in [-0.25, -0.2) is 9.97 Å². The molecule has 0 unspecified atom stereocenters. The molecule has 2 heterocycles. The lowest BCUT2D eigenvalue weighted by atomic mass is 10.2. The van der Waals surface area contributed by atoms with Gasteiger partial charge in [-0.15, -0.1) is 0 Å². The molecule has 0 aliphatic carbocycles. The van der Waals surface area contributed by atoms with E-state index in [4.69, 9.17) is 4.74 Å². The topological polar surface area (TPSA) is 106 Å². The first-order chi connectivity index (χ1) is 12.5. The summed E-state index contributed by atoms with van der Waals surface area (Å²) in [5.74, 6) is 0.774. The molecule has 8 heteroatoms. The van der Waals surface area contributed by atoms with Gasteiger partial charge in [-0.1, -0.05) is 0 Å². The van der Waals surface area contributed by atoms with Gasteiger partial charge in [0.25, 0.3) is 11.9 Å². The first kappa shape index (κ1) is 17.1. The highest BCUT2D eigenvalue weighted by atomic mass is 16.5. The van der Waals surface area contributed by atoms with Crippen molar-refractivity contribution in [2.45, 2.75) is 13.8 Å². The van der Waals surface area contributed by atoms with Gasteiger partial charge in [-0.2, -0.15) is 15.0 Å². The van der Waals surface area contributed by atoms with Crippen molar-refractivity contribution in [1.82, 2.24) is 19.7 Å². The first-order valence-electron chi connectivity index (χ1n) is 7.78. The SMILES string of the molecule is COc1ccc(C(=O)Nc2c(C#N)cnn2-c2nc(C)cc(C)n2)cc1. The minimum absolute atomic E-state index is 0.217. The highest BCUT2D eigenvalue weighted by Crippen LogP contribution is 2.20. The highest BCUT2D eigenvalue weighted by Gasteiger charge is 2.18. The van der Waals surface area contributed by atoms with Gasteiger partial charge < -0.3 is 10.1 Å². The number of carbonyl (C=O) groups excluding carboxylic acids is 1. The zero-order valence-electron chi connectivity index (χ0n) is 14.5. The second-order valence-electron chi connectivity index (χ2n) is 5.56. The van der Waals surface area contributed by atoms with Crippen LogP contribution in [0.1, 0.15) is 27.3 Å². The number of amides is 1. The predicted molar refractivity (Wildman–Crippen MR) is 94.3 cm³/mol. The lowest BCUT2D eigenvalue weighted by molar-refractivity contribution is 0.102. The third-order valence-electron chi connectivity index (χ3n) is 3.63. The Morgan fingerprint density at radius 3 is 2.42 bits per heavy atom. The molecule has 1 amide bonds. The minimum atomic E-state index is -0.379. The molecule has 1 N–H and O–H groups in total. The normalized spacial score (nSPS) is 10.2. The zero-order chi connectivity index (χ0) is 18.7. The van der Waals surface area contributed by atoms with Crippen LogP contribution in [-0.2, 0) is 0 Å². The lowest BCUT2D eigenvalue weighted by Crippen LogP contribution is -2.17. The Labute approximate surface area is 150 Å². The quantitative estimate of drug-likeness (QED) is 0.776. The van der Waals surface area contributed by atoms with E-state index in [1.807, 2.05) is 26.0 Å². The number of hydrogen-bond acceptors (Lipinski definition) is 6. The molecule has 0 bridgehead atoms. The summed E-state index contributed by atoms with van der Waals surface area (Å²) in [5, 5.41) is 16.2. The number of nitrogens with one attached hydrogen (secondary N) is 1. The Bertz CT molecular complexity index is 981. The van der Waals surface area contributed by atoms with E-state index in [0.29, 0.717) is 11.3 Å². The van der Waals surface area contributed by atoms with E-state index in [-0.39, 0.29) is 23.2 Å². The van der Waals surface area contributed by atoms with Crippen LogP contribution in [0.3, 0.4) is 0 Å². The van der Waals surface area contributed by atoms with Crippen molar-refractivity contribution < 1.29 is 9.53 Å². The molecular weight excluding hydrogens is 332 g/mol. The Hall–Kier alpha value is -3.73. The number of nitrogens with zero attached hydrogens (tertiary/aromatic N) is 5. The van der Waals surface area contributed by atoms with E-state index < -0.39 is 0 Å². The number of nitriles is 1. The first-order valence-corrected chi connectivity index (χ1v) is 7.78. The summed E-state index contributed by atoms with van der Waals surface area (Å²) >= 11 is 0. The summed E-state index contributed by atoms with van der Waals surface area (Å²) in [6, 6.07) is 10.5. The molecule has 2 aromatic heterocycles. The molecule has 3 aromatic rings. The number of ether oxygens (including phenoxy) is 1. The van der Waals surface area contributed by atoms with Crippen LogP contribution in [-0.4, -0.2) is 32.8 Å². The minimum Gasteiger partial charge on any atom is -0.497 e. The van der Waals surface area contributed by atoms with E-state index in [9.17, 15) is 10.1 Å². The molecule has 0 saturated heterocycles. The fraction of sp³-hybridized carbons (Fsp3) is 0.167. The maximum absolute atomic E-state index is 12.6. The van der Waals surface area contributed by atoms with E-state index in [1.165, 1.54) is 10.9 Å². The number of rotatable bonds is 4. The van der Waals surface area contributed by atoms with Crippen molar-refractivity contribution in [1.29, 1.82) is 5.26 Å². The average molecular weight is 348 g/mol. The monoisotopic (exact) mass is 348 g/mol. The molecule has 0 radical (unpaired) electrons. The molecule has 0 aliphatic rings. The Balaban J connectivity index is 1.97. The largest absolute Gasteiger partial charge is 0.497 e.